The fraction of sp³-hybridized carbons (Fsp3) is 0.471. The lowest BCUT2D eigenvalue weighted by Gasteiger charge is -2.15. The fourth-order valence-electron chi connectivity index (χ4n) is 2.42. The standard InChI is InChI=1S/C17H25N3O/c1-4-10-18-12-14-7-6-8-16-15(14)9-11-20(16)13-17(21)19(3)5-2/h6-9,11,18H,4-5,10,12-13H2,1-3H3. The van der Waals surface area contributed by atoms with Crippen LogP contribution in [-0.4, -0.2) is 35.5 Å². The molecule has 0 aliphatic rings. The highest BCUT2D eigenvalue weighted by atomic mass is 16.2. The van der Waals surface area contributed by atoms with Crippen LogP contribution in [0.25, 0.3) is 10.9 Å². The van der Waals surface area contributed by atoms with E-state index < -0.39 is 0 Å². The number of likely N-dealkylation sites (N-methyl/N-ethyl adjacent to an activating group) is 1. The maximum Gasteiger partial charge on any atom is 0.242 e. The van der Waals surface area contributed by atoms with Gasteiger partial charge in [-0.2, -0.15) is 0 Å². The van der Waals surface area contributed by atoms with Gasteiger partial charge in [0.25, 0.3) is 0 Å². The average Bonchev–Trinajstić information content (AvgIpc) is 2.90. The monoisotopic (exact) mass is 287 g/mol. The van der Waals surface area contributed by atoms with Crippen molar-refractivity contribution < 1.29 is 4.79 Å². The van der Waals surface area contributed by atoms with Crippen LogP contribution in [0.3, 0.4) is 0 Å². The van der Waals surface area contributed by atoms with E-state index in [1.807, 2.05) is 24.7 Å². The molecule has 4 nitrogen and oxygen atoms in total. The number of hydrogen-bond acceptors (Lipinski definition) is 2. The van der Waals surface area contributed by atoms with Crippen LogP contribution < -0.4 is 5.32 Å². The molecule has 114 valence electrons. The van der Waals surface area contributed by atoms with Gasteiger partial charge in [0.15, 0.2) is 0 Å². The predicted molar refractivity (Wildman–Crippen MR) is 87.2 cm³/mol. The Morgan fingerprint density at radius 3 is 2.81 bits per heavy atom. The molecule has 1 aromatic heterocycles. The van der Waals surface area contributed by atoms with Crippen molar-refractivity contribution >= 4 is 16.8 Å². The Morgan fingerprint density at radius 1 is 1.29 bits per heavy atom. The van der Waals surface area contributed by atoms with Gasteiger partial charge in [-0.15, -0.1) is 0 Å². The number of fused-ring (bicyclic) bond motifs is 1. The first-order valence-electron chi connectivity index (χ1n) is 7.68. The maximum atomic E-state index is 12.1. The van der Waals surface area contributed by atoms with Crippen LogP contribution in [0.15, 0.2) is 30.5 Å². The molecule has 0 bridgehead atoms. The normalized spacial score (nSPS) is 11.0. The van der Waals surface area contributed by atoms with Crippen LogP contribution in [0.1, 0.15) is 25.8 Å². The predicted octanol–water partition coefficient (Wildman–Crippen LogP) is 2.62. The molecule has 0 aliphatic carbocycles. The molecule has 2 rings (SSSR count). The van der Waals surface area contributed by atoms with Gasteiger partial charge in [0, 0.05) is 37.2 Å². The summed E-state index contributed by atoms with van der Waals surface area (Å²) in [5, 5.41) is 4.67. The minimum atomic E-state index is 0.143. The molecule has 21 heavy (non-hydrogen) atoms. The summed E-state index contributed by atoms with van der Waals surface area (Å²) in [6.07, 6.45) is 3.14. The lowest BCUT2D eigenvalue weighted by atomic mass is 10.1. The molecule has 0 radical (unpaired) electrons. The molecule has 0 unspecified atom stereocenters. The number of benzene rings is 1. The minimum absolute atomic E-state index is 0.143. The van der Waals surface area contributed by atoms with Gasteiger partial charge in [0.2, 0.25) is 5.91 Å². The van der Waals surface area contributed by atoms with Crippen LogP contribution in [0.2, 0.25) is 0 Å². The van der Waals surface area contributed by atoms with Gasteiger partial charge >= 0.3 is 0 Å². The van der Waals surface area contributed by atoms with Gasteiger partial charge in [-0.1, -0.05) is 19.1 Å². The summed E-state index contributed by atoms with van der Waals surface area (Å²) in [4.78, 5) is 13.8. The molecule has 1 aromatic carbocycles. The third-order valence-corrected chi connectivity index (χ3v) is 3.85. The van der Waals surface area contributed by atoms with Crippen LogP contribution in [0.5, 0.6) is 0 Å². The van der Waals surface area contributed by atoms with Crippen molar-refractivity contribution in [2.75, 3.05) is 20.1 Å². The summed E-state index contributed by atoms with van der Waals surface area (Å²) in [5.74, 6) is 0.143. The summed E-state index contributed by atoms with van der Waals surface area (Å²) in [6, 6.07) is 8.40. The SMILES string of the molecule is CCCNCc1cccc2c1ccn2CC(=O)N(C)CC. The van der Waals surface area contributed by atoms with E-state index in [0.717, 1.165) is 31.6 Å². The number of rotatable bonds is 7. The molecule has 0 saturated carbocycles. The Hall–Kier alpha value is -1.81. The van der Waals surface area contributed by atoms with E-state index in [0.29, 0.717) is 6.54 Å². The number of carbonyl (C=O) groups excluding carboxylic acids is 1. The van der Waals surface area contributed by atoms with E-state index in [9.17, 15) is 4.79 Å². The second-order valence-electron chi connectivity index (χ2n) is 5.38. The number of hydrogen-bond donors (Lipinski definition) is 1. The molecule has 1 heterocycles. The van der Waals surface area contributed by atoms with Gasteiger partial charge in [-0.25, -0.2) is 0 Å². The molecular weight excluding hydrogens is 262 g/mol. The minimum Gasteiger partial charge on any atom is -0.344 e. The lowest BCUT2D eigenvalue weighted by molar-refractivity contribution is -0.130. The third kappa shape index (κ3) is 3.64. The van der Waals surface area contributed by atoms with Crippen LogP contribution >= 0.6 is 0 Å². The molecule has 2 aromatic rings. The van der Waals surface area contributed by atoms with Crippen molar-refractivity contribution in [2.45, 2.75) is 33.4 Å². The van der Waals surface area contributed by atoms with Crippen molar-refractivity contribution in [2.24, 2.45) is 0 Å². The van der Waals surface area contributed by atoms with Gasteiger partial charge < -0.3 is 14.8 Å². The van der Waals surface area contributed by atoms with Crippen molar-refractivity contribution in [3.05, 3.63) is 36.0 Å². The summed E-state index contributed by atoms with van der Waals surface area (Å²) >= 11 is 0. The number of carbonyl (C=O) groups is 1. The van der Waals surface area contributed by atoms with Crippen LogP contribution in [-0.2, 0) is 17.9 Å². The summed E-state index contributed by atoms with van der Waals surface area (Å²) in [5.41, 5.74) is 2.42. The summed E-state index contributed by atoms with van der Waals surface area (Å²) in [7, 11) is 1.84. The summed E-state index contributed by atoms with van der Waals surface area (Å²) < 4.78 is 2.03. The molecule has 1 amide bonds. The molecule has 0 atom stereocenters. The molecule has 0 fully saturated rings. The molecule has 0 aliphatic heterocycles. The number of nitrogens with zero attached hydrogens (tertiary/aromatic N) is 2. The van der Waals surface area contributed by atoms with Crippen molar-refractivity contribution in [1.29, 1.82) is 0 Å². The van der Waals surface area contributed by atoms with Gasteiger partial charge in [0.05, 0.1) is 0 Å². The molecule has 0 spiro atoms. The lowest BCUT2D eigenvalue weighted by Crippen LogP contribution is -2.29. The van der Waals surface area contributed by atoms with E-state index in [1.54, 1.807) is 4.90 Å². The van der Waals surface area contributed by atoms with Gasteiger partial charge in [-0.05, 0) is 37.6 Å². The second kappa shape index (κ2) is 7.27. The van der Waals surface area contributed by atoms with Crippen LogP contribution in [0.4, 0.5) is 0 Å². The van der Waals surface area contributed by atoms with Gasteiger partial charge in [-0.3, -0.25) is 4.79 Å². The van der Waals surface area contributed by atoms with E-state index >= 15 is 0 Å². The third-order valence-electron chi connectivity index (χ3n) is 3.85. The smallest absolute Gasteiger partial charge is 0.242 e. The number of amides is 1. The first-order chi connectivity index (χ1) is 10.2. The maximum absolute atomic E-state index is 12.1. The zero-order valence-electron chi connectivity index (χ0n) is 13.2. The number of nitrogens with one attached hydrogen (secondary N) is 1. The highest BCUT2D eigenvalue weighted by Crippen LogP contribution is 2.20. The number of aromatic nitrogens is 1. The second-order valence-corrected chi connectivity index (χ2v) is 5.38. The first-order valence-corrected chi connectivity index (χ1v) is 7.68. The van der Waals surface area contributed by atoms with Crippen molar-refractivity contribution in [3.63, 3.8) is 0 Å². The Kier molecular flexibility index (Phi) is 5.39. The Labute approximate surface area is 126 Å². The van der Waals surface area contributed by atoms with Gasteiger partial charge in [0.1, 0.15) is 6.54 Å². The highest BCUT2D eigenvalue weighted by Gasteiger charge is 2.10. The molecule has 1 N–H and O–H groups in total. The zero-order chi connectivity index (χ0) is 15.2. The van der Waals surface area contributed by atoms with Crippen molar-refractivity contribution in [3.8, 4) is 0 Å². The zero-order valence-corrected chi connectivity index (χ0v) is 13.2. The Bertz CT molecular complexity index is 603. The van der Waals surface area contributed by atoms with E-state index in [1.165, 1.54) is 10.9 Å². The summed E-state index contributed by atoms with van der Waals surface area (Å²) in [6.45, 7) is 7.20. The topological polar surface area (TPSA) is 37.3 Å². The van der Waals surface area contributed by atoms with E-state index in [-0.39, 0.29) is 5.91 Å². The first kappa shape index (κ1) is 15.6. The quantitative estimate of drug-likeness (QED) is 0.795. The van der Waals surface area contributed by atoms with Crippen LogP contribution in [0, 0.1) is 0 Å². The Morgan fingerprint density at radius 2 is 2.10 bits per heavy atom. The van der Waals surface area contributed by atoms with E-state index in [4.69, 9.17) is 0 Å². The highest BCUT2D eigenvalue weighted by molar-refractivity contribution is 5.85. The largest absolute Gasteiger partial charge is 0.344 e. The molecular formula is C17H25N3O. The molecule has 4 heteroatoms. The van der Waals surface area contributed by atoms with Crippen molar-refractivity contribution in [1.82, 2.24) is 14.8 Å². The molecule has 0 saturated heterocycles. The fourth-order valence-corrected chi connectivity index (χ4v) is 2.42. The average molecular weight is 287 g/mol. The van der Waals surface area contributed by atoms with E-state index in [2.05, 4.69) is 36.5 Å². The Balaban J connectivity index is 2.20.